The van der Waals surface area contributed by atoms with Gasteiger partial charge < -0.3 is 19.2 Å². The summed E-state index contributed by atoms with van der Waals surface area (Å²) in [6, 6.07) is 9.80. The number of hydrogen-bond donors (Lipinski definition) is 1. The number of benzene rings is 1. The van der Waals surface area contributed by atoms with E-state index in [1.54, 1.807) is 6.26 Å². The number of rotatable bonds is 4. The third-order valence-corrected chi connectivity index (χ3v) is 2.84. The fourth-order valence-corrected chi connectivity index (χ4v) is 2.01. The summed E-state index contributed by atoms with van der Waals surface area (Å²) < 4.78 is 16.5. The lowest BCUT2D eigenvalue weighted by Gasteiger charge is -2.21. The summed E-state index contributed by atoms with van der Waals surface area (Å²) in [5, 5.41) is 3.32. The van der Waals surface area contributed by atoms with Gasteiger partial charge in [-0.3, -0.25) is 0 Å². The van der Waals surface area contributed by atoms with E-state index in [1.165, 1.54) is 0 Å². The summed E-state index contributed by atoms with van der Waals surface area (Å²) in [7, 11) is 0. The first-order chi connectivity index (χ1) is 8.93. The van der Waals surface area contributed by atoms with Crippen molar-refractivity contribution in [2.24, 2.45) is 0 Å². The number of fused-ring (bicyclic) bond motifs is 1. The molecule has 0 aliphatic carbocycles. The first kappa shape index (κ1) is 11.2. The molecule has 4 nitrogen and oxygen atoms in total. The van der Waals surface area contributed by atoms with Gasteiger partial charge in [0.25, 0.3) is 0 Å². The second kappa shape index (κ2) is 5.14. The lowest BCUT2D eigenvalue weighted by atomic mass is 10.1. The molecule has 94 valence electrons. The van der Waals surface area contributed by atoms with E-state index < -0.39 is 0 Å². The van der Waals surface area contributed by atoms with E-state index in [-0.39, 0.29) is 0 Å². The van der Waals surface area contributed by atoms with Crippen LogP contribution in [0.25, 0.3) is 0 Å². The monoisotopic (exact) mass is 245 g/mol. The van der Waals surface area contributed by atoms with E-state index in [1.807, 2.05) is 30.3 Å². The smallest absolute Gasteiger partial charge is 0.165 e. The van der Waals surface area contributed by atoms with Crippen molar-refractivity contribution in [3.05, 3.63) is 47.9 Å². The number of furan rings is 1. The molecule has 1 aromatic carbocycles. The molecule has 18 heavy (non-hydrogen) atoms. The zero-order chi connectivity index (χ0) is 12.2. The van der Waals surface area contributed by atoms with Gasteiger partial charge in [0.15, 0.2) is 11.5 Å². The van der Waals surface area contributed by atoms with Crippen LogP contribution in [0.15, 0.2) is 41.0 Å². The van der Waals surface area contributed by atoms with Crippen molar-refractivity contribution in [1.82, 2.24) is 5.32 Å². The van der Waals surface area contributed by atoms with Crippen LogP contribution in [-0.2, 0) is 13.1 Å². The summed E-state index contributed by atoms with van der Waals surface area (Å²) in [6.45, 7) is 2.67. The first-order valence-electron chi connectivity index (χ1n) is 6.04. The summed E-state index contributed by atoms with van der Waals surface area (Å²) in [5.41, 5.74) is 1.11. The van der Waals surface area contributed by atoms with Crippen LogP contribution in [0.5, 0.6) is 11.5 Å². The van der Waals surface area contributed by atoms with Gasteiger partial charge in [0.1, 0.15) is 19.0 Å². The molecule has 0 saturated heterocycles. The highest BCUT2D eigenvalue weighted by atomic mass is 16.6. The van der Waals surface area contributed by atoms with Gasteiger partial charge in [0.2, 0.25) is 0 Å². The van der Waals surface area contributed by atoms with Crippen molar-refractivity contribution in [2.45, 2.75) is 13.1 Å². The lowest BCUT2D eigenvalue weighted by molar-refractivity contribution is 0.169. The van der Waals surface area contributed by atoms with Gasteiger partial charge >= 0.3 is 0 Å². The van der Waals surface area contributed by atoms with Crippen LogP contribution in [-0.4, -0.2) is 13.2 Å². The van der Waals surface area contributed by atoms with E-state index in [0.29, 0.717) is 19.8 Å². The van der Waals surface area contributed by atoms with Gasteiger partial charge in [-0.2, -0.15) is 0 Å². The Hall–Kier alpha value is -1.94. The van der Waals surface area contributed by atoms with E-state index in [2.05, 4.69) is 5.32 Å². The van der Waals surface area contributed by atoms with Crippen LogP contribution < -0.4 is 14.8 Å². The van der Waals surface area contributed by atoms with Crippen molar-refractivity contribution < 1.29 is 13.9 Å². The van der Waals surface area contributed by atoms with Crippen LogP contribution in [0.1, 0.15) is 11.3 Å². The first-order valence-corrected chi connectivity index (χ1v) is 6.04. The molecular weight excluding hydrogens is 230 g/mol. The molecule has 1 N–H and O–H groups in total. The Morgan fingerprint density at radius 1 is 1.00 bits per heavy atom. The second-order valence-corrected chi connectivity index (χ2v) is 4.12. The Morgan fingerprint density at radius 2 is 1.94 bits per heavy atom. The van der Waals surface area contributed by atoms with Gasteiger partial charge in [0, 0.05) is 12.1 Å². The van der Waals surface area contributed by atoms with Crippen LogP contribution in [0.2, 0.25) is 0 Å². The number of para-hydroxylation sites is 1. The van der Waals surface area contributed by atoms with Crippen molar-refractivity contribution in [2.75, 3.05) is 13.2 Å². The molecule has 1 aliphatic heterocycles. The highest BCUT2D eigenvalue weighted by Crippen LogP contribution is 2.33. The van der Waals surface area contributed by atoms with E-state index >= 15 is 0 Å². The largest absolute Gasteiger partial charge is 0.486 e. The number of ether oxygens (including phenoxy) is 2. The molecule has 2 aromatic rings. The van der Waals surface area contributed by atoms with Gasteiger partial charge in [0.05, 0.1) is 12.8 Å². The third kappa shape index (κ3) is 2.33. The molecule has 2 heterocycles. The van der Waals surface area contributed by atoms with Crippen LogP contribution >= 0.6 is 0 Å². The minimum atomic E-state index is 0.613. The minimum absolute atomic E-state index is 0.613. The summed E-state index contributed by atoms with van der Waals surface area (Å²) in [4.78, 5) is 0. The fraction of sp³-hybridized carbons (Fsp3) is 0.286. The topological polar surface area (TPSA) is 43.6 Å². The third-order valence-electron chi connectivity index (χ3n) is 2.84. The standard InChI is InChI=1S/C14H15NO3/c1-3-11(9-15-10-12-4-2-6-16-12)14-13(5-1)17-7-8-18-14/h1-6,15H,7-10H2. The molecule has 1 aliphatic rings. The molecule has 0 spiro atoms. The Balaban J connectivity index is 1.65. The summed E-state index contributed by atoms with van der Waals surface area (Å²) in [5.74, 6) is 2.62. The second-order valence-electron chi connectivity index (χ2n) is 4.12. The van der Waals surface area contributed by atoms with Crippen molar-refractivity contribution >= 4 is 0 Å². The Bertz CT molecular complexity index is 508. The SMILES string of the molecule is c1coc(CNCc2cccc3c2OCCO3)c1. The molecule has 0 saturated carbocycles. The average Bonchev–Trinajstić information content (AvgIpc) is 2.92. The molecule has 0 atom stereocenters. The highest BCUT2D eigenvalue weighted by molar-refractivity contribution is 5.47. The molecule has 1 aromatic heterocycles. The Morgan fingerprint density at radius 3 is 2.83 bits per heavy atom. The van der Waals surface area contributed by atoms with E-state index in [0.717, 1.165) is 29.4 Å². The minimum Gasteiger partial charge on any atom is -0.486 e. The molecule has 0 radical (unpaired) electrons. The number of nitrogens with one attached hydrogen (secondary N) is 1. The molecule has 0 amide bonds. The van der Waals surface area contributed by atoms with Gasteiger partial charge in [-0.15, -0.1) is 0 Å². The Labute approximate surface area is 106 Å². The molecule has 4 heteroatoms. The zero-order valence-corrected chi connectivity index (χ0v) is 10.0. The van der Waals surface area contributed by atoms with E-state index in [9.17, 15) is 0 Å². The molecular formula is C14H15NO3. The van der Waals surface area contributed by atoms with Crippen molar-refractivity contribution in [3.8, 4) is 11.5 Å². The maximum atomic E-state index is 5.65. The van der Waals surface area contributed by atoms with Gasteiger partial charge in [-0.25, -0.2) is 0 Å². The van der Waals surface area contributed by atoms with Crippen molar-refractivity contribution in [3.63, 3.8) is 0 Å². The van der Waals surface area contributed by atoms with Crippen LogP contribution in [0, 0.1) is 0 Å². The van der Waals surface area contributed by atoms with Crippen molar-refractivity contribution in [1.29, 1.82) is 0 Å². The lowest BCUT2D eigenvalue weighted by Crippen LogP contribution is -2.19. The maximum absolute atomic E-state index is 5.65. The number of hydrogen-bond acceptors (Lipinski definition) is 4. The van der Waals surface area contributed by atoms with Gasteiger partial charge in [-0.1, -0.05) is 12.1 Å². The molecule has 0 unspecified atom stereocenters. The molecule has 3 rings (SSSR count). The van der Waals surface area contributed by atoms with Crippen LogP contribution in [0.3, 0.4) is 0 Å². The molecule has 0 bridgehead atoms. The van der Waals surface area contributed by atoms with Crippen LogP contribution in [0.4, 0.5) is 0 Å². The Kier molecular flexibility index (Phi) is 3.19. The summed E-state index contributed by atoms with van der Waals surface area (Å²) >= 11 is 0. The fourth-order valence-electron chi connectivity index (χ4n) is 2.01. The maximum Gasteiger partial charge on any atom is 0.165 e. The normalized spacial score (nSPS) is 13.6. The zero-order valence-electron chi connectivity index (χ0n) is 10.0. The van der Waals surface area contributed by atoms with Gasteiger partial charge in [-0.05, 0) is 18.2 Å². The quantitative estimate of drug-likeness (QED) is 0.898. The van der Waals surface area contributed by atoms with E-state index in [4.69, 9.17) is 13.9 Å². The molecule has 0 fully saturated rings. The highest BCUT2D eigenvalue weighted by Gasteiger charge is 2.14. The average molecular weight is 245 g/mol. The predicted molar refractivity (Wildman–Crippen MR) is 66.7 cm³/mol. The summed E-state index contributed by atoms with van der Waals surface area (Å²) in [6.07, 6.45) is 1.68. The predicted octanol–water partition coefficient (Wildman–Crippen LogP) is 2.34.